The molecule has 1 aromatic carbocycles. The summed E-state index contributed by atoms with van der Waals surface area (Å²) in [7, 11) is 0. The van der Waals surface area contributed by atoms with Gasteiger partial charge in [0.25, 0.3) is 0 Å². The summed E-state index contributed by atoms with van der Waals surface area (Å²) in [5.41, 5.74) is 2.60. The molecule has 0 atom stereocenters. The molecule has 0 unspecified atom stereocenters. The number of hydrogen-bond donors (Lipinski definition) is 1. The van der Waals surface area contributed by atoms with Crippen LogP contribution >= 0.6 is 0 Å². The molecule has 0 spiro atoms. The van der Waals surface area contributed by atoms with Gasteiger partial charge in [0.05, 0.1) is 6.61 Å². The fraction of sp³-hybridized carbons (Fsp3) is 0.600. The van der Waals surface area contributed by atoms with E-state index in [1.807, 2.05) is 0 Å². The maximum atomic E-state index is 5.67. The monoisotopic (exact) mass is 235 g/mol. The van der Waals surface area contributed by atoms with E-state index in [1.165, 1.54) is 11.1 Å². The van der Waals surface area contributed by atoms with Crippen LogP contribution in [0.5, 0.6) is 0 Å². The van der Waals surface area contributed by atoms with Gasteiger partial charge in [0, 0.05) is 13.2 Å². The summed E-state index contributed by atoms with van der Waals surface area (Å²) in [6.45, 7) is 10.1. The normalized spacial score (nSPS) is 11.1. The van der Waals surface area contributed by atoms with E-state index in [1.54, 1.807) is 0 Å². The molecule has 0 aliphatic carbocycles. The predicted molar refractivity (Wildman–Crippen MR) is 72.9 cm³/mol. The van der Waals surface area contributed by atoms with Crippen molar-refractivity contribution in [2.45, 2.75) is 40.3 Å². The van der Waals surface area contributed by atoms with E-state index in [9.17, 15) is 0 Å². The van der Waals surface area contributed by atoms with Crippen molar-refractivity contribution in [2.75, 3.05) is 13.2 Å². The van der Waals surface area contributed by atoms with Crippen molar-refractivity contribution in [3.8, 4) is 0 Å². The van der Waals surface area contributed by atoms with Gasteiger partial charge in [-0.15, -0.1) is 0 Å². The zero-order chi connectivity index (χ0) is 12.5. The van der Waals surface area contributed by atoms with Crippen molar-refractivity contribution in [1.82, 2.24) is 5.32 Å². The molecule has 0 saturated carbocycles. The highest BCUT2D eigenvalue weighted by molar-refractivity contribution is 5.22. The van der Waals surface area contributed by atoms with Gasteiger partial charge >= 0.3 is 0 Å². The summed E-state index contributed by atoms with van der Waals surface area (Å²) in [5.74, 6) is 0.718. The molecule has 96 valence electrons. The summed E-state index contributed by atoms with van der Waals surface area (Å²) in [6.07, 6.45) is 1.14. The SMILES string of the molecule is CCNCc1cccc(COCCC(C)C)c1. The molecule has 0 saturated heterocycles. The van der Waals surface area contributed by atoms with E-state index < -0.39 is 0 Å². The van der Waals surface area contributed by atoms with Crippen molar-refractivity contribution in [1.29, 1.82) is 0 Å². The van der Waals surface area contributed by atoms with E-state index in [2.05, 4.69) is 50.4 Å². The molecule has 2 nitrogen and oxygen atoms in total. The lowest BCUT2D eigenvalue weighted by molar-refractivity contribution is 0.110. The Morgan fingerprint density at radius 1 is 1.24 bits per heavy atom. The highest BCUT2D eigenvalue weighted by atomic mass is 16.5. The first-order chi connectivity index (χ1) is 8.22. The van der Waals surface area contributed by atoms with Gasteiger partial charge in [-0.25, -0.2) is 0 Å². The zero-order valence-electron chi connectivity index (χ0n) is 11.3. The Morgan fingerprint density at radius 3 is 2.71 bits per heavy atom. The van der Waals surface area contributed by atoms with Crippen molar-refractivity contribution < 1.29 is 4.74 Å². The average Bonchev–Trinajstić information content (AvgIpc) is 2.32. The van der Waals surface area contributed by atoms with Crippen molar-refractivity contribution in [3.63, 3.8) is 0 Å². The topological polar surface area (TPSA) is 21.3 Å². The maximum Gasteiger partial charge on any atom is 0.0716 e. The van der Waals surface area contributed by atoms with E-state index in [0.717, 1.165) is 38.6 Å². The maximum absolute atomic E-state index is 5.67. The van der Waals surface area contributed by atoms with Crippen LogP contribution < -0.4 is 5.32 Å². The second-order valence-electron chi connectivity index (χ2n) is 4.84. The fourth-order valence-corrected chi connectivity index (χ4v) is 1.61. The van der Waals surface area contributed by atoms with Gasteiger partial charge in [0.2, 0.25) is 0 Å². The molecule has 0 heterocycles. The average molecular weight is 235 g/mol. The Labute approximate surface area is 105 Å². The summed E-state index contributed by atoms with van der Waals surface area (Å²) < 4.78 is 5.67. The van der Waals surface area contributed by atoms with Crippen LogP contribution in [0.25, 0.3) is 0 Å². The van der Waals surface area contributed by atoms with Crippen LogP contribution in [0.1, 0.15) is 38.3 Å². The second-order valence-corrected chi connectivity index (χ2v) is 4.84. The molecule has 0 aliphatic heterocycles. The van der Waals surface area contributed by atoms with Crippen LogP contribution in [-0.2, 0) is 17.9 Å². The van der Waals surface area contributed by atoms with E-state index in [4.69, 9.17) is 4.74 Å². The summed E-state index contributed by atoms with van der Waals surface area (Å²) in [5, 5.41) is 3.33. The summed E-state index contributed by atoms with van der Waals surface area (Å²) >= 11 is 0. The smallest absolute Gasteiger partial charge is 0.0716 e. The zero-order valence-corrected chi connectivity index (χ0v) is 11.3. The van der Waals surface area contributed by atoms with Gasteiger partial charge < -0.3 is 10.1 Å². The fourth-order valence-electron chi connectivity index (χ4n) is 1.61. The Balaban J connectivity index is 2.32. The standard InChI is InChI=1S/C15H25NO/c1-4-16-11-14-6-5-7-15(10-14)12-17-9-8-13(2)3/h5-7,10,13,16H,4,8-9,11-12H2,1-3H3. The predicted octanol–water partition coefficient (Wildman–Crippen LogP) is 3.36. The molecule has 1 rings (SSSR count). The Morgan fingerprint density at radius 2 is 2.00 bits per heavy atom. The third kappa shape index (κ3) is 6.44. The second kappa shape index (κ2) is 8.26. The summed E-state index contributed by atoms with van der Waals surface area (Å²) in [4.78, 5) is 0. The lowest BCUT2D eigenvalue weighted by Gasteiger charge is -2.08. The van der Waals surface area contributed by atoms with Crippen LogP contribution in [0.4, 0.5) is 0 Å². The van der Waals surface area contributed by atoms with Crippen molar-refractivity contribution in [2.24, 2.45) is 5.92 Å². The lowest BCUT2D eigenvalue weighted by Crippen LogP contribution is -2.11. The van der Waals surface area contributed by atoms with Gasteiger partial charge in [-0.1, -0.05) is 45.0 Å². The molecule has 0 aliphatic rings. The largest absolute Gasteiger partial charge is 0.377 e. The first-order valence-electron chi connectivity index (χ1n) is 6.58. The highest BCUT2D eigenvalue weighted by Crippen LogP contribution is 2.08. The third-order valence-electron chi connectivity index (χ3n) is 2.68. The molecular formula is C15H25NO. The molecule has 1 N–H and O–H groups in total. The minimum absolute atomic E-state index is 0.718. The lowest BCUT2D eigenvalue weighted by atomic mass is 10.1. The van der Waals surface area contributed by atoms with E-state index in [0.29, 0.717) is 0 Å². The molecule has 0 amide bonds. The number of ether oxygens (including phenoxy) is 1. The van der Waals surface area contributed by atoms with Gasteiger partial charge in [-0.2, -0.15) is 0 Å². The Hall–Kier alpha value is -0.860. The minimum atomic E-state index is 0.718. The van der Waals surface area contributed by atoms with E-state index >= 15 is 0 Å². The first-order valence-corrected chi connectivity index (χ1v) is 6.58. The quantitative estimate of drug-likeness (QED) is 0.698. The molecule has 1 aromatic rings. The van der Waals surface area contributed by atoms with E-state index in [-0.39, 0.29) is 0 Å². The highest BCUT2D eigenvalue weighted by Gasteiger charge is 1.98. The number of benzene rings is 1. The van der Waals surface area contributed by atoms with Gasteiger partial charge in [0.15, 0.2) is 0 Å². The van der Waals surface area contributed by atoms with Crippen LogP contribution in [0.3, 0.4) is 0 Å². The summed E-state index contributed by atoms with van der Waals surface area (Å²) in [6, 6.07) is 8.61. The molecule has 0 radical (unpaired) electrons. The Kier molecular flexibility index (Phi) is 6.90. The van der Waals surface area contributed by atoms with Crippen molar-refractivity contribution >= 4 is 0 Å². The minimum Gasteiger partial charge on any atom is -0.377 e. The number of nitrogens with one attached hydrogen (secondary N) is 1. The van der Waals surface area contributed by atoms with Crippen LogP contribution in [-0.4, -0.2) is 13.2 Å². The van der Waals surface area contributed by atoms with Gasteiger partial charge in [0.1, 0.15) is 0 Å². The first kappa shape index (κ1) is 14.2. The van der Waals surface area contributed by atoms with Crippen molar-refractivity contribution in [3.05, 3.63) is 35.4 Å². The molecule has 2 heteroatoms. The molecule has 0 bridgehead atoms. The molecular weight excluding hydrogens is 210 g/mol. The van der Waals surface area contributed by atoms with Crippen LogP contribution in [0.15, 0.2) is 24.3 Å². The van der Waals surface area contributed by atoms with Gasteiger partial charge in [-0.3, -0.25) is 0 Å². The Bertz CT molecular complexity index is 310. The molecule has 17 heavy (non-hydrogen) atoms. The molecule has 0 aromatic heterocycles. The number of hydrogen-bond acceptors (Lipinski definition) is 2. The third-order valence-corrected chi connectivity index (χ3v) is 2.68. The van der Waals surface area contributed by atoms with Gasteiger partial charge in [-0.05, 0) is 30.0 Å². The van der Waals surface area contributed by atoms with Crippen LogP contribution in [0, 0.1) is 5.92 Å². The van der Waals surface area contributed by atoms with Crippen LogP contribution in [0.2, 0.25) is 0 Å². The number of rotatable bonds is 8. The molecule has 0 fully saturated rings.